The van der Waals surface area contributed by atoms with E-state index in [1.807, 2.05) is 16.4 Å². The summed E-state index contributed by atoms with van der Waals surface area (Å²) < 4.78 is 1.98. The standard InChI is InChI=1S/C13H26N4S/c1-5-14-12(9-18-8-11(3)4)7-13-15-10-16-17(13)6-2/h10-12,14H,5-9H2,1-4H3. The van der Waals surface area contributed by atoms with Crippen molar-refractivity contribution in [2.45, 2.75) is 46.7 Å². The molecule has 0 fully saturated rings. The zero-order valence-corrected chi connectivity index (χ0v) is 12.8. The highest BCUT2D eigenvalue weighted by atomic mass is 32.2. The SMILES string of the molecule is CCNC(CSCC(C)C)Cc1ncnn1CC. The van der Waals surface area contributed by atoms with Gasteiger partial charge >= 0.3 is 0 Å². The Hall–Kier alpha value is -0.550. The molecule has 1 aromatic rings. The molecule has 1 atom stereocenters. The van der Waals surface area contributed by atoms with Gasteiger partial charge in [-0.3, -0.25) is 4.68 Å². The van der Waals surface area contributed by atoms with Crippen molar-refractivity contribution in [2.24, 2.45) is 5.92 Å². The van der Waals surface area contributed by atoms with Gasteiger partial charge in [-0.25, -0.2) is 4.98 Å². The highest BCUT2D eigenvalue weighted by Gasteiger charge is 2.12. The van der Waals surface area contributed by atoms with Gasteiger partial charge in [0.1, 0.15) is 12.2 Å². The fraction of sp³-hybridized carbons (Fsp3) is 0.846. The number of aryl methyl sites for hydroxylation is 1. The van der Waals surface area contributed by atoms with Crippen LogP contribution in [-0.2, 0) is 13.0 Å². The first kappa shape index (κ1) is 15.5. The average molecular weight is 270 g/mol. The van der Waals surface area contributed by atoms with Gasteiger partial charge in [-0.05, 0) is 25.1 Å². The molecular formula is C13H26N4S. The van der Waals surface area contributed by atoms with Crippen LogP contribution in [0.1, 0.15) is 33.5 Å². The van der Waals surface area contributed by atoms with Crippen LogP contribution in [0.2, 0.25) is 0 Å². The van der Waals surface area contributed by atoms with Gasteiger partial charge in [0.15, 0.2) is 0 Å². The molecule has 0 saturated heterocycles. The van der Waals surface area contributed by atoms with E-state index in [1.165, 1.54) is 5.75 Å². The van der Waals surface area contributed by atoms with E-state index < -0.39 is 0 Å². The van der Waals surface area contributed by atoms with E-state index in [2.05, 4.69) is 43.1 Å². The van der Waals surface area contributed by atoms with Crippen molar-refractivity contribution in [3.63, 3.8) is 0 Å². The number of rotatable bonds is 9. The summed E-state index contributed by atoms with van der Waals surface area (Å²) in [4.78, 5) is 4.35. The van der Waals surface area contributed by atoms with Gasteiger partial charge in [-0.2, -0.15) is 16.9 Å². The third-order valence-corrected chi connectivity index (χ3v) is 4.23. The normalized spacial score (nSPS) is 13.2. The van der Waals surface area contributed by atoms with Crippen LogP contribution in [0.4, 0.5) is 0 Å². The Balaban J connectivity index is 2.46. The van der Waals surface area contributed by atoms with Crippen LogP contribution < -0.4 is 5.32 Å². The van der Waals surface area contributed by atoms with Crippen molar-refractivity contribution in [2.75, 3.05) is 18.1 Å². The van der Waals surface area contributed by atoms with Crippen molar-refractivity contribution in [3.05, 3.63) is 12.2 Å². The molecule has 1 heterocycles. The zero-order valence-electron chi connectivity index (χ0n) is 12.0. The lowest BCUT2D eigenvalue weighted by Crippen LogP contribution is -2.34. The van der Waals surface area contributed by atoms with Gasteiger partial charge in [-0.1, -0.05) is 20.8 Å². The van der Waals surface area contributed by atoms with Gasteiger partial charge in [0.05, 0.1) is 0 Å². The molecule has 0 bridgehead atoms. The lowest BCUT2D eigenvalue weighted by atomic mass is 10.2. The number of hydrogen-bond donors (Lipinski definition) is 1. The molecule has 1 rings (SSSR count). The van der Waals surface area contributed by atoms with Crippen molar-refractivity contribution in [1.82, 2.24) is 20.1 Å². The molecule has 0 aliphatic carbocycles. The molecule has 4 nitrogen and oxygen atoms in total. The average Bonchev–Trinajstić information content (AvgIpc) is 2.76. The van der Waals surface area contributed by atoms with Crippen molar-refractivity contribution in [1.29, 1.82) is 0 Å². The summed E-state index contributed by atoms with van der Waals surface area (Å²) in [6.45, 7) is 10.7. The van der Waals surface area contributed by atoms with Gasteiger partial charge < -0.3 is 5.32 Å². The van der Waals surface area contributed by atoms with Gasteiger partial charge in [0, 0.05) is 24.8 Å². The Bertz CT molecular complexity index is 325. The maximum atomic E-state index is 4.35. The minimum atomic E-state index is 0.494. The Morgan fingerprint density at radius 2 is 2.11 bits per heavy atom. The van der Waals surface area contributed by atoms with Crippen molar-refractivity contribution < 1.29 is 0 Å². The monoisotopic (exact) mass is 270 g/mol. The predicted octanol–water partition coefficient (Wildman–Crippen LogP) is 2.21. The Morgan fingerprint density at radius 1 is 1.33 bits per heavy atom. The lowest BCUT2D eigenvalue weighted by molar-refractivity contribution is 0.526. The van der Waals surface area contributed by atoms with Crippen molar-refractivity contribution in [3.8, 4) is 0 Å². The number of nitrogens with one attached hydrogen (secondary N) is 1. The second-order valence-electron chi connectivity index (χ2n) is 4.88. The summed E-state index contributed by atoms with van der Waals surface area (Å²) in [6, 6.07) is 0.494. The maximum absolute atomic E-state index is 4.35. The van der Waals surface area contributed by atoms with Crippen LogP contribution in [0, 0.1) is 5.92 Å². The summed E-state index contributed by atoms with van der Waals surface area (Å²) in [5.74, 6) is 4.22. The summed E-state index contributed by atoms with van der Waals surface area (Å²) in [6.07, 6.45) is 2.62. The molecule has 0 radical (unpaired) electrons. The lowest BCUT2D eigenvalue weighted by Gasteiger charge is -2.17. The first-order valence-electron chi connectivity index (χ1n) is 6.85. The third kappa shape index (κ3) is 5.40. The number of aromatic nitrogens is 3. The molecule has 1 N–H and O–H groups in total. The minimum Gasteiger partial charge on any atom is -0.313 e. The van der Waals surface area contributed by atoms with Crippen LogP contribution in [0.15, 0.2) is 6.33 Å². The molecule has 0 spiro atoms. The molecule has 18 heavy (non-hydrogen) atoms. The van der Waals surface area contributed by atoms with E-state index in [9.17, 15) is 0 Å². The van der Waals surface area contributed by atoms with Gasteiger partial charge in [0.25, 0.3) is 0 Å². The molecule has 5 heteroatoms. The fourth-order valence-corrected chi connectivity index (χ4v) is 2.98. The molecule has 0 aromatic carbocycles. The van der Waals surface area contributed by atoms with E-state index in [-0.39, 0.29) is 0 Å². The number of thioether (sulfide) groups is 1. The van der Waals surface area contributed by atoms with Crippen LogP contribution in [0.5, 0.6) is 0 Å². The summed E-state index contributed by atoms with van der Waals surface area (Å²) >= 11 is 2.02. The van der Waals surface area contributed by atoms with Crippen molar-refractivity contribution >= 4 is 11.8 Å². The first-order valence-corrected chi connectivity index (χ1v) is 8.00. The summed E-state index contributed by atoms with van der Waals surface area (Å²) in [7, 11) is 0. The molecule has 0 amide bonds. The smallest absolute Gasteiger partial charge is 0.138 e. The highest BCUT2D eigenvalue weighted by Crippen LogP contribution is 2.11. The minimum absolute atomic E-state index is 0.494. The molecule has 0 saturated carbocycles. The first-order chi connectivity index (χ1) is 8.67. The topological polar surface area (TPSA) is 42.7 Å². The Morgan fingerprint density at radius 3 is 2.72 bits per heavy atom. The largest absolute Gasteiger partial charge is 0.313 e. The van der Waals surface area contributed by atoms with Gasteiger partial charge in [0.2, 0.25) is 0 Å². The molecule has 0 aliphatic rings. The number of nitrogens with zero attached hydrogens (tertiary/aromatic N) is 3. The summed E-state index contributed by atoms with van der Waals surface area (Å²) in [5.41, 5.74) is 0. The Kier molecular flexibility index (Phi) is 7.35. The number of hydrogen-bond acceptors (Lipinski definition) is 4. The number of likely N-dealkylation sites (N-methyl/N-ethyl adjacent to an activating group) is 1. The summed E-state index contributed by atoms with van der Waals surface area (Å²) in [5, 5.41) is 7.77. The van der Waals surface area contributed by atoms with E-state index in [1.54, 1.807) is 6.33 Å². The molecular weight excluding hydrogens is 244 g/mol. The van der Waals surface area contributed by atoms with E-state index in [0.29, 0.717) is 6.04 Å². The fourth-order valence-electron chi connectivity index (χ4n) is 1.86. The second-order valence-corrected chi connectivity index (χ2v) is 5.96. The third-order valence-electron chi connectivity index (χ3n) is 2.69. The predicted molar refractivity (Wildman–Crippen MR) is 79.0 cm³/mol. The van der Waals surface area contributed by atoms with Crippen LogP contribution in [-0.4, -0.2) is 38.9 Å². The van der Waals surface area contributed by atoms with Gasteiger partial charge in [-0.15, -0.1) is 0 Å². The Labute approximate surface area is 115 Å². The van der Waals surface area contributed by atoms with E-state index >= 15 is 0 Å². The van der Waals surface area contributed by atoms with Crippen LogP contribution >= 0.6 is 11.8 Å². The molecule has 0 aliphatic heterocycles. The molecule has 1 aromatic heterocycles. The van der Waals surface area contributed by atoms with E-state index in [0.717, 1.165) is 37.0 Å². The van der Waals surface area contributed by atoms with Crippen LogP contribution in [0.25, 0.3) is 0 Å². The molecule has 1 unspecified atom stereocenters. The van der Waals surface area contributed by atoms with E-state index in [4.69, 9.17) is 0 Å². The quantitative estimate of drug-likeness (QED) is 0.747. The second kappa shape index (κ2) is 8.53. The zero-order chi connectivity index (χ0) is 13.4. The molecule has 104 valence electrons. The van der Waals surface area contributed by atoms with Crippen LogP contribution in [0.3, 0.4) is 0 Å². The maximum Gasteiger partial charge on any atom is 0.138 e. The highest BCUT2D eigenvalue weighted by molar-refractivity contribution is 7.99.